The summed E-state index contributed by atoms with van der Waals surface area (Å²) in [7, 11) is 0. The quantitative estimate of drug-likeness (QED) is 0.743. The van der Waals surface area contributed by atoms with E-state index in [1.807, 2.05) is 6.07 Å². The second-order valence-electron chi connectivity index (χ2n) is 8.12. The molecule has 1 aliphatic heterocycles. The third-order valence-corrected chi connectivity index (χ3v) is 6.68. The van der Waals surface area contributed by atoms with Gasteiger partial charge >= 0.3 is 0 Å². The molecule has 1 heterocycles. The van der Waals surface area contributed by atoms with E-state index in [1.54, 1.807) is 0 Å². The van der Waals surface area contributed by atoms with Crippen molar-refractivity contribution >= 4 is 0 Å². The Kier molecular flexibility index (Phi) is 3.32. The normalized spacial score (nSPS) is 38.8. The number of aliphatic hydroxyl groups is 2. The van der Waals surface area contributed by atoms with Crippen LogP contribution in [0.2, 0.25) is 0 Å². The van der Waals surface area contributed by atoms with Gasteiger partial charge in [-0.1, -0.05) is 13.8 Å². The third-order valence-electron chi connectivity index (χ3n) is 6.68. The van der Waals surface area contributed by atoms with E-state index in [9.17, 15) is 15.3 Å². The summed E-state index contributed by atoms with van der Waals surface area (Å²) >= 11 is 0. The van der Waals surface area contributed by atoms with Crippen molar-refractivity contribution in [1.29, 1.82) is 0 Å². The van der Waals surface area contributed by atoms with E-state index < -0.39 is 6.10 Å². The zero-order chi connectivity index (χ0) is 16.4. The van der Waals surface area contributed by atoms with Gasteiger partial charge in [0, 0.05) is 16.4 Å². The van der Waals surface area contributed by atoms with Gasteiger partial charge in [0.25, 0.3) is 0 Å². The first-order valence-electron chi connectivity index (χ1n) is 8.69. The van der Waals surface area contributed by atoms with Gasteiger partial charge in [-0.3, -0.25) is 0 Å². The van der Waals surface area contributed by atoms with Crippen molar-refractivity contribution in [2.75, 3.05) is 13.2 Å². The summed E-state index contributed by atoms with van der Waals surface area (Å²) in [6, 6.07) is 1.85. The first kappa shape index (κ1) is 15.4. The number of phenols is 1. The van der Waals surface area contributed by atoms with Crippen molar-refractivity contribution in [1.82, 2.24) is 0 Å². The van der Waals surface area contributed by atoms with E-state index in [-0.39, 0.29) is 29.3 Å². The van der Waals surface area contributed by atoms with Crippen LogP contribution in [0.4, 0.5) is 0 Å². The summed E-state index contributed by atoms with van der Waals surface area (Å²) in [5, 5.41) is 30.9. The van der Waals surface area contributed by atoms with E-state index in [2.05, 4.69) is 13.8 Å². The van der Waals surface area contributed by atoms with Crippen molar-refractivity contribution in [2.24, 2.45) is 5.41 Å². The van der Waals surface area contributed by atoms with Crippen LogP contribution in [-0.4, -0.2) is 34.6 Å². The highest BCUT2D eigenvalue weighted by atomic mass is 16.5. The van der Waals surface area contributed by atoms with Gasteiger partial charge in [0.1, 0.15) is 5.75 Å². The minimum atomic E-state index is -0.473. The molecule has 126 valence electrons. The summed E-state index contributed by atoms with van der Waals surface area (Å²) in [5.41, 5.74) is 3.91. The molecular weight excluding hydrogens is 292 g/mol. The molecule has 0 radical (unpaired) electrons. The molecule has 0 saturated carbocycles. The topological polar surface area (TPSA) is 69.9 Å². The second-order valence-corrected chi connectivity index (χ2v) is 8.12. The highest BCUT2D eigenvalue weighted by molar-refractivity contribution is 5.55. The largest absolute Gasteiger partial charge is 0.508 e. The van der Waals surface area contributed by atoms with Crippen LogP contribution in [0.3, 0.4) is 0 Å². The van der Waals surface area contributed by atoms with Crippen molar-refractivity contribution < 1.29 is 20.1 Å². The van der Waals surface area contributed by atoms with Crippen LogP contribution in [0.5, 0.6) is 5.75 Å². The average Bonchev–Trinajstić information content (AvgIpc) is 2.84. The number of fused-ring (bicyclic) bond motifs is 5. The van der Waals surface area contributed by atoms with Gasteiger partial charge in [0.2, 0.25) is 0 Å². The Hall–Kier alpha value is -1.10. The minimum absolute atomic E-state index is 0.106. The van der Waals surface area contributed by atoms with Gasteiger partial charge in [0.15, 0.2) is 0 Å². The molecule has 0 spiro atoms. The van der Waals surface area contributed by atoms with Crippen molar-refractivity contribution in [2.45, 2.75) is 63.6 Å². The molecule has 1 fully saturated rings. The van der Waals surface area contributed by atoms with Crippen LogP contribution in [-0.2, 0) is 23.0 Å². The summed E-state index contributed by atoms with van der Waals surface area (Å²) < 4.78 is 5.89. The predicted octanol–water partition coefficient (Wildman–Crippen LogP) is 2.36. The summed E-state index contributed by atoms with van der Waals surface area (Å²) in [6.07, 6.45) is 4.04. The van der Waals surface area contributed by atoms with E-state index in [0.717, 1.165) is 43.2 Å². The molecule has 1 aromatic carbocycles. The third kappa shape index (κ3) is 1.95. The van der Waals surface area contributed by atoms with Crippen LogP contribution >= 0.6 is 0 Å². The van der Waals surface area contributed by atoms with Crippen molar-refractivity contribution in [3.63, 3.8) is 0 Å². The molecule has 0 unspecified atom stereocenters. The van der Waals surface area contributed by atoms with Gasteiger partial charge in [-0.2, -0.15) is 0 Å². The van der Waals surface area contributed by atoms with Crippen LogP contribution in [0.15, 0.2) is 6.07 Å². The Bertz CT molecular complexity index is 655. The van der Waals surface area contributed by atoms with Gasteiger partial charge in [-0.05, 0) is 54.9 Å². The second kappa shape index (κ2) is 4.95. The number of aliphatic hydroxyl groups excluding tert-OH is 2. The fourth-order valence-corrected chi connectivity index (χ4v) is 4.99. The molecule has 3 aliphatic rings. The van der Waals surface area contributed by atoms with E-state index in [0.29, 0.717) is 6.61 Å². The maximum atomic E-state index is 10.7. The molecule has 4 nitrogen and oxygen atoms in total. The molecule has 23 heavy (non-hydrogen) atoms. The first-order valence-corrected chi connectivity index (χ1v) is 8.69. The first-order chi connectivity index (χ1) is 10.9. The predicted molar refractivity (Wildman–Crippen MR) is 86.6 cm³/mol. The smallest absolute Gasteiger partial charge is 0.122 e. The Balaban J connectivity index is 1.91. The van der Waals surface area contributed by atoms with E-state index >= 15 is 0 Å². The molecule has 3 N–H and O–H groups in total. The van der Waals surface area contributed by atoms with Gasteiger partial charge < -0.3 is 20.1 Å². The van der Waals surface area contributed by atoms with Crippen LogP contribution in [0.25, 0.3) is 0 Å². The summed E-state index contributed by atoms with van der Waals surface area (Å²) in [6.45, 7) is 4.59. The Labute approximate surface area is 137 Å². The van der Waals surface area contributed by atoms with Crippen LogP contribution < -0.4 is 0 Å². The lowest BCUT2D eigenvalue weighted by molar-refractivity contribution is 0.0242. The van der Waals surface area contributed by atoms with E-state index in [1.165, 1.54) is 11.1 Å². The highest BCUT2D eigenvalue weighted by Gasteiger charge is 2.52. The highest BCUT2D eigenvalue weighted by Crippen LogP contribution is 2.56. The van der Waals surface area contributed by atoms with Crippen molar-refractivity contribution in [3.05, 3.63) is 28.3 Å². The summed E-state index contributed by atoms with van der Waals surface area (Å²) in [4.78, 5) is 0. The minimum Gasteiger partial charge on any atom is -0.508 e. The number of hydrogen-bond donors (Lipinski definition) is 3. The molecule has 4 atom stereocenters. The molecule has 4 heteroatoms. The maximum Gasteiger partial charge on any atom is 0.122 e. The van der Waals surface area contributed by atoms with Crippen LogP contribution in [0, 0.1) is 5.41 Å². The lowest BCUT2D eigenvalue weighted by atomic mass is 9.64. The maximum absolute atomic E-state index is 10.7. The number of ether oxygens (including phenoxy) is 1. The fourth-order valence-electron chi connectivity index (χ4n) is 4.99. The SMILES string of the molecule is C[C@@]1(CO)CCCc2c1cc(O)c1c2CC[C@@]2(C)[C@@H](O)CO[C@@H]12. The van der Waals surface area contributed by atoms with Gasteiger partial charge in [0.05, 0.1) is 25.4 Å². The Morgan fingerprint density at radius 2 is 2.00 bits per heavy atom. The molecule has 0 amide bonds. The molecule has 1 aromatic rings. The zero-order valence-corrected chi connectivity index (χ0v) is 13.9. The van der Waals surface area contributed by atoms with Crippen molar-refractivity contribution in [3.8, 4) is 5.75 Å². The lowest BCUT2D eigenvalue weighted by Crippen LogP contribution is -2.38. The zero-order valence-electron chi connectivity index (χ0n) is 13.9. The van der Waals surface area contributed by atoms with Gasteiger partial charge in [-0.25, -0.2) is 0 Å². The van der Waals surface area contributed by atoms with Crippen LogP contribution in [0.1, 0.15) is 61.5 Å². The fraction of sp³-hybridized carbons (Fsp3) is 0.684. The standard InChI is InChI=1S/C19H26O4/c1-18(10-20)6-3-4-11-12-5-7-19(2)15(22)9-23-17(19)16(12)14(21)8-13(11)18/h8,15,17,20-22H,3-7,9-10H2,1-2H3/t15-,17-,18-,19-/m0/s1. The Morgan fingerprint density at radius 1 is 1.22 bits per heavy atom. The number of hydrogen-bond acceptors (Lipinski definition) is 4. The molecule has 1 saturated heterocycles. The summed E-state index contributed by atoms with van der Waals surface area (Å²) in [5.74, 6) is 0.269. The molecule has 0 bridgehead atoms. The Morgan fingerprint density at radius 3 is 2.74 bits per heavy atom. The molecular formula is C19H26O4. The lowest BCUT2D eigenvalue weighted by Gasteiger charge is -2.42. The number of benzene rings is 1. The number of rotatable bonds is 1. The molecule has 2 aliphatic carbocycles. The monoisotopic (exact) mass is 318 g/mol. The van der Waals surface area contributed by atoms with E-state index in [4.69, 9.17) is 4.74 Å². The molecule has 0 aromatic heterocycles. The number of phenolic OH excluding ortho intramolecular Hbond substituents is 1. The number of aromatic hydroxyl groups is 1. The molecule has 4 rings (SSSR count). The average molecular weight is 318 g/mol. The van der Waals surface area contributed by atoms with Gasteiger partial charge in [-0.15, -0.1) is 0 Å².